The molecule has 1 N–H and O–H groups in total. The van der Waals surface area contributed by atoms with Crippen molar-refractivity contribution in [1.82, 2.24) is 14.9 Å². The zero-order valence-electron chi connectivity index (χ0n) is 15.4. The molecule has 26 heavy (non-hydrogen) atoms. The van der Waals surface area contributed by atoms with Gasteiger partial charge in [0.25, 0.3) is 0 Å². The van der Waals surface area contributed by atoms with Gasteiger partial charge in [-0.1, -0.05) is 61.4 Å². The van der Waals surface area contributed by atoms with E-state index in [1.165, 1.54) is 37.7 Å². The summed E-state index contributed by atoms with van der Waals surface area (Å²) in [5, 5.41) is 4.09. The van der Waals surface area contributed by atoms with Gasteiger partial charge in [-0.05, 0) is 38.2 Å². The van der Waals surface area contributed by atoms with E-state index in [9.17, 15) is 4.79 Å². The lowest BCUT2D eigenvalue weighted by Crippen LogP contribution is -2.40. The second kappa shape index (κ2) is 7.87. The summed E-state index contributed by atoms with van der Waals surface area (Å²) in [4.78, 5) is 17.3. The van der Waals surface area contributed by atoms with Crippen LogP contribution in [0.1, 0.15) is 57.9 Å². The Hall–Kier alpha value is -1.75. The van der Waals surface area contributed by atoms with E-state index in [1.54, 1.807) is 11.8 Å². The molecule has 1 aromatic heterocycles. The zero-order chi connectivity index (χ0) is 17.9. The van der Waals surface area contributed by atoms with Gasteiger partial charge in [0.2, 0.25) is 5.91 Å². The van der Waals surface area contributed by atoms with E-state index >= 15 is 0 Å². The predicted molar refractivity (Wildman–Crippen MR) is 106 cm³/mol. The molecule has 4 rings (SSSR count). The van der Waals surface area contributed by atoms with Gasteiger partial charge in [-0.15, -0.1) is 0 Å². The average Bonchev–Trinajstić information content (AvgIpc) is 3.43. The predicted octanol–water partition coefficient (Wildman–Crippen LogP) is 4.81. The smallest absolute Gasteiger partial charge is 0.233 e. The molecule has 0 radical (unpaired) electrons. The number of hydrogen-bond acceptors (Lipinski definition) is 3. The van der Waals surface area contributed by atoms with Gasteiger partial charge in [0.1, 0.15) is 0 Å². The minimum absolute atomic E-state index is 0.125. The minimum atomic E-state index is -0.125. The summed E-state index contributed by atoms with van der Waals surface area (Å²) in [6.45, 7) is 2.00. The molecule has 2 aliphatic carbocycles. The van der Waals surface area contributed by atoms with Crippen LogP contribution in [0.15, 0.2) is 41.7 Å². The Morgan fingerprint density at radius 2 is 1.88 bits per heavy atom. The van der Waals surface area contributed by atoms with Crippen molar-refractivity contribution in [1.29, 1.82) is 0 Å². The fraction of sp³-hybridized carbons (Fsp3) is 0.524. The number of hydrogen-bond donors (Lipinski definition) is 1. The van der Waals surface area contributed by atoms with E-state index in [0.717, 1.165) is 23.7 Å². The summed E-state index contributed by atoms with van der Waals surface area (Å²) in [5.74, 6) is 0.147. The highest BCUT2D eigenvalue weighted by Crippen LogP contribution is 2.42. The zero-order valence-corrected chi connectivity index (χ0v) is 16.2. The number of benzene rings is 1. The van der Waals surface area contributed by atoms with Crippen molar-refractivity contribution in [2.24, 2.45) is 0 Å². The highest BCUT2D eigenvalue weighted by molar-refractivity contribution is 8.00. The van der Waals surface area contributed by atoms with Crippen LogP contribution in [0, 0.1) is 0 Å². The van der Waals surface area contributed by atoms with Crippen molar-refractivity contribution in [3.8, 4) is 11.3 Å². The molecule has 138 valence electrons. The molecule has 2 saturated carbocycles. The third-order valence-electron chi connectivity index (χ3n) is 5.35. The first-order valence-corrected chi connectivity index (χ1v) is 10.7. The summed E-state index contributed by atoms with van der Waals surface area (Å²) in [5.41, 5.74) is 2.36. The van der Waals surface area contributed by atoms with E-state index in [1.807, 2.05) is 19.2 Å². The Labute approximate surface area is 159 Å². The molecule has 0 spiro atoms. The Morgan fingerprint density at radius 1 is 1.15 bits per heavy atom. The molecule has 2 aliphatic rings. The fourth-order valence-corrected chi connectivity index (χ4v) is 4.68. The standard InChI is InChI=1S/C21H27N3OS/c1-15(20(25)23-17-10-6-3-7-11-17)26-21-22-14-19(24(21)18-12-13-18)16-8-4-2-5-9-16/h2,4-5,8-9,14-15,17-18H,3,6-7,10-13H2,1H3,(H,23,25). The van der Waals surface area contributed by atoms with Gasteiger partial charge in [-0.25, -0.2) is 4.98 Å². The van der Waals surface area contributed by atoms with Crippen molar-refractivity contribution in [3.05, 3.63) is 36.5 Å². The molecule has 0 aliphatic heterocycles. The number of carbonyl (C=O) groups is 1. The molecular weight excluding hydrogens is 342 g/mol. The van der Waals surface area contributed by atoms with Gasteiger partial charge in [0.05, 0.1) is 17.1 Å². The fourth-order valence-electron chi connectivity index (χ4n) is 3.72. The van der Waals surface area contributed by atoms with Crippen LogP contribution in [-0.2, 0) is 4.79 Å². The van der Waals surface area contributed by atoms with Crippen molar-refractivity contribution >= 4 is 17.7 Å². The lowest BCUT2D eigenvalue weighted by molar-refractivity contribution is -0.121. The lowest BCUT2D eigenvalue weighted by Gasteiger charge is -2.24. The number of nitrogens with zero attached hydrogens (tertiary/aromatic N) is 2. The van der Waals surface area contributed by atoms with E-state index in [0.29, 0.717) is 12.1 Å². The number of imidazole rings is 1. The molecule has 1 amide bonds. The molecule has 4 nitrogen and oxygen atoms in total. The third kappa shape index (κ3) is 3.98. The van der Waals surface area contributed by atoms with Crippen molar-refractivity contribution in [2.75, 3.05) is 0 Å². The van der Waals surface area contributed by atoms with Gasteiger partial charge in [-0.3, -0.25) is 4.79 Å². The van der Waals surface area contributed by atoms with Crippen LogP contribution in [0.5, 0.6) is 0 Å². The molecule has 2 aromatic rings. The number of rotatable bonds is 6. The van der Waals surface area contributed by atoms with Crippen LogP contribution in [-0.4, -0.2) is 26.8 Å². The Balaban J connectivity index is 1.47. The second-order valence-electron chi connectivity index (χ2n) is 7.50. The highest BCUT2D eigenvalue weighted by Gasteiger charge is 2.30. The van der Waals surface area contributed by atoms with Crippen LogP contribution in [0.4, 0.5) is 0 Å². The van der Waals surface area contributed by atoms with E-state index in [2.05, 4.69) is 39.1 Å². The van der Waals surface area contributed by atoms with E-state index in [4.69, 9.17) is 0 Å². The van der Waals surface area contributed by atoms with Gasteiger partial charge in [0.15, 0.2) is 5.16 Å². The first-order valence-electron chi connectivity index (χ1n) is 9.82. The molecule has 1 heterocycles. The molecule has 0 saturated heterocycles. The largest absolute Gasteiger partial charge is 0.352 e. The molecule has 1 aromatic carbocycles. The minimum Gasteiger partial charge on any atom is -0.352 e. The average molecular weight is 370 g/mol. The third-order valence-corrected chi connectivity index (χ3v) is 6.43. The maximum Gasteiger partial charge on any atom is 0.233 e. The van der Waals surface area contributed by atoms with Gasteiger partial charge in [-0.2, -0.15) is 0 Å². The van der Waals surface area contributed by atoms with Crippen LogP contribution < -0.4 is 5.32 Å². The summed E-state index contributed by atoms with van der Waals surface area (Å²) in [6.07, 6.45) is 10.4. The summed E-state index contributed by atoms with van der Waals surface area (Å²) in [6, 6.07) is 11.3. The Bertz CT molecular complexity index is 748. The number of thioether (sulfide) groups is 1. The number of amides is 1. The first kappa shape index (κ1) is 17.7. The van der Waals surface area contributed by atoms with Crippen LogP contribution in [0.2, 0.25) is 0 Å². The summed E-state index contributed by atoms with van der Waals surface area (Å²) in [7, 11) is 0. The topological polar surface area (TPSA) is 46.9 Å². The SMILES string of the molecule is CC(Sc1ncc(-c2ccccc2)n1C1CC1)C(=O)NC1CCCCC1. The Morgan fingerprint density at radius 3 is 2.58 bits per heavy atom. The van der Waals surface area contributed by atoms with Crippen molar-refractivity contribution in [3.63, 3.8) is 0 Å². The van der Waals surface area contributed by atoms with Crippen LogP contribution in [0.3, 0.4) is 0 Å². The monoisotopic (exact) mass is 369 g/mol. The lowest BCUT2D eigenvalue weighted by atomic mass is 9.95. The summed E-state index contributed by atoms with van der Waals surface area (Å²) < 4.78 is 2.34. The Kier molecular flexibility index (Phi) is 5.34. The molecular formula is C21H27N3OS. The number of carbonyl (C=O) groups excluding carboxylic acids is 1. The number of aromatic nitrogens is 2. The van der Waals surface area contributed by atoms with Gasteiger partial charge in [0, 0.05) is 12.1 Å². The van der Waals surface area contributed by atoms with E-state index in [-0.39, 0.29) is 11.2 Å². The van der Waals surface area contributed by atoms with Gasteiger partial charge < -0.3 is 9.88 Å². The first-order chi connectivity index (χ1) is 12.7. The van der Waals surface area contributed by atoms with E-state index < -0.39 is 0 Å². The second-order valence-corrected chi connectivity index (χ2v) is 8.80. The molecule has 2 fully saturated rings. The van der Waals surface area contributed by atoms with Crippen molar-refractivity contribution < 1.29 is 4.79 Å². The molecule has 1 atom stereocenters. The quantitative estimate of drug-likeness (QED) is 0.743. The maximum absolute atomic E-state index is 12.6. The normalized spacial score (nSPS) is 19.3. The maximum atomic E-state index is 12.6. The van der Waals surface area contributed by atoms with Crippen molar-refractivity contribution in [2.45, 2.75) is 74.4 Å². The number of nitrogens with one attached hydrogen (secondary N) is 1. The molecule has 1 unspecified atom stereocenters. The van der Waals surface area contributed by atoms with Gasteiger partial charge >= 0.3 is 0 Å². The summed E-state index contributed by atoms with van der Waals surface area (Å²) >= 11 is 1.59. The highest BCUT2D eigenvalue weighted by atomic mass is 32.2. The van der Waals surface area contributed by atoms with Crippen LogP contribution >= 0.6 is 11.8 Å². The molecule has 0 bridgehead atoms. The van der Waals surface area contributed by atoms with Crippen LogP contribution in [0.25, 0.3) is 11.3 Å². The molecule has 5 heteroatoms.